The fourth-order valence-electron chi connectivity index (χ4n) is 3.00. The summed E-state index contributed by atoms with van der Waals surface area (Å²) < 4.78 is 0. The Bertz CT molecular complexity index is 750. The number of nitrogens with one attached hydrogen (secondary N) is 1. The van der Waals surface area contributed by atoms with Gasteiger partial charge in [0.05, 0.1) is 17.1 Å². The Morgan fingerprint density at radius 3 is 2.79 bits per heavy atom. The predicted molar refractivity (Wildman–Crippen MR) is 90.7 cm³/mol. The molecule has 1 fully saturated rings. The van der Waals surface area contributed by atoms with Gasteiger partial charge in [-0.25, -0.2) is 9.97 Å². The van der Waals surface area contributed by atoms with E-state index in [1.165, 1.54) is 12.1 Å². The number of non-ortho nitro benzene ring substituents is 1. The van der Waals surface area contributed by atoms with E-state index in [0.717, 1.165) is 31.4 Å². The Morgan fingerprint density at radius 2 is 2.04 bits per heavy atom. The van der Waals surface area contributed by atoms with Crippen molar-refractivity contribution in [2.75, 3.05) is 5.32 Å². The molecule has 2 atom stereocenters. The molecule has 0 radical (unpaired) electrons. The Hall–Kier alpha value is -2.54. The Balaban J connectivity index is 1.88. The van der Waals surface area contributed by atoms with Crippen LogP contribution in [0, 0.1) is 17.0 Å². The Labute approximate surface area is 139 Å². The second-order valence-electron chi connectivity index (χ2n) is 6.13. The summed E-state index contributed by atoms with van der Waals surface area (Å²) in [4.78, 5) is 19.4. The number of hydrogen-bond acceptors (Lipinski definition) is 6. The first-order chi connectivity index (χ1) is 11.5. The van der Waals surface area contributed by atoms with Crippen LogP contribution in [-0.2, 0) is 0 Å². The molecule has 1 saturated carbocycles. The van der Waals surface area contributed by atoms with Crippen molar-refractivity contribution in [1.29, 1.82) is 0 Å². The first-order valence-corrected chi connectivity index (χ1v) is 8.08. The van der Waals surface area contributed by atoms with Crippen LogP contribution in [0.5, 0.6) is 0 Å². The topological polar surface area (TPSA) is 101 Å². The molecule has 1 heterocycles. The lowest BCUT2D eigenvalue weighted by molar-refractivity contribution is -0.384. The average Bonchev–Trinajstić information content (AvgIpc) is 2.56. The largest absolute Gasteiger partial charge is 0.391 e. The maximum Gasteiger partial charge on any atom is 0.270 e. The van der Waals surface area contributed by atoms with Crippen LogP contribution < -0.4 is 5.32 Å². The van der Waals surface area contributed by atoms with Crippen LogP contribution in [0.2, 0.25) is 0 Å². The molecule has 2 N–H and O–H groups in total. The van der Waals surface area contributed by atoms with Crippen molar-refractivity contribution in [2.24, 2.45) is 0 Å². The molecule has 2 aromatic rings. The summed E-state index contributed by atoms with van der Waals surface area (Å²) >= 11 is 0. The minimum Gasteiger partial charge on any atom is -0.391 e. The van der Waals surface area contributed by atoms with Crippen LogP contribution in [0.25, 0.3) is 11.4 Å². The average molecular weight is 328 g/mol. The van der Waals surface area contributed by atoms with Crippen LogP contribution in [0.3, 0.4) is 0 Å². The number of rotatable bonds is 4. The molecular formula is C17H20N4O3. The van der Waals surface area contributed by atoms with Gasteiger partial charge < -0.3 is 10.4 Å². The molecule has 0 aliphatic heterocycles. The van der Waals surface area contributed by atoms with Gasteiger partial charge in [-0.15, -0.1) is 0 Å². The lowest BCUT2D eigenvalue weighted by Crippen LogP contribution is -2.36. The first-order valence-electron chi connectivity index (χ1n) is 8.08. The summed E-state index contributed by atoms with van der Waals surface area (Å²) in [6.07, 6.45) is 3.43. The van der Waals surface area contributed by atoms with Crippen LogP contribution in [-0.4, -0.2) is 32.1 Å². The SMILES string of the molecule is Cc1cc(NC2CCCCC2O)nc(-c2cccc([N+](=O)[O-])c2)n1. The van der Waals surface area contributed by atoms with Gasteiger partial charge in [-0.1, -0.05) is 25.0 Å². The number of anilines is 1. The number of aliphatic hydroxyl groups excluding tert-OH is 1. The highest BCUT2D eigenvalue weighted by Crippen LogP contribution is 2.25. The summed E-state index contributed by atoms with van der Waals surface area (Å²) in [7, 11) is 0. The molecular weight excluding hydrogens is 308 g/mol. The monoisotopic (exact) mass is 328 g/mol. The van der Waals surface area contributed by atoms with Crippen LogP contribution in [0.1, 0.15) is 31.4 Å². The third-order valence-electron chi connectivity index (χ3n) is 4.23. The summed E-state index contributed by atoms with van der Waals surface area (Å²) in [6.45, 7) is 1.85. The van der Waals surface area contributed by atoms with Crippen molar-refractivity contribution < 1.29 is 10.0 Å². The molecule has 0 amide bonds. The Kier molecular flexibility index (Phi) is 4.71. The third kappa shape index (κ3) is 3.68. The zero-order valence-corrected chi connectivity index (χ0v) is 13.5. The zero-order chi connectivity index (χ0) is 17.1. The summed E-state index contributed by atoms with van der Waals surface area (Å²) in [6, 6.07) is 8.08. The molecule has 0 spiro atoms. The van der Waals surface area contributed by atoms with Crippen LogP contribution in [0.15, 0.2) is 30.3 Å². The van der Waals surface area contributed by atoms with E-state index in [-0.39, 0.29) is 17.8 Å². The molecule has 2 unspecified atom stereocenters. The minimum absolute atomic E-state index is 0.00909. The highest BCUT2D eigenvalue weighted by atomic mass is 16.6. The first kappa shape index (κ1) is 16.3. The molecule has 0 bridgehead atoms. The number of benzene rings is 1. The van der Waals surface area contributed by atoms with Gasteiger partial charge in [0.2, 0.25) is 0 Å². The molecule has 126 valence electrons. The van der Waals surface area contributed by atoms with Gasteiger partial charge in [0.15, 0.2) is 5.82 Å². The molecule has 1 aliphatic carbocycles. The number of aryl methyl sites for hydroxylation is 1. The number of nitro benzene ring substituents is 1. The van der Waals surface area contributed by atoms with Crippen molar-refractivity contribution in [2.45, 2.75) is 44.8 Å². The van der Waals surface area contributed by atoms with Crippen molar-refractivity contribution >= 4 is 11.5 Å². The van der Waals surface area contributed by atoms with Gasteiger partial charge in [0.25, 0.3) is 5.69 Å². The van der Waals surface area contributed by atoms with Gasteiger partial charge in [0, 0.05) is 29.5 Å². The van der Waals surface area contributed by atoms with Gasteiger partial charge in [-0.2, -0.15) is 0 Å². The van der Waals surface area contributed by atoms with E-state index < -0.39 is 4.92 Å². The fraction of sp³-hybridized carbons (Fsp3) is 0.412. The van der Waals surface area contributed by atoms with E-state index in [0.29, 0.717) is 17.2 Å². The van der Waals surface area contributed by atoms with Gasteiger partial charge >= 0.3 is 0 Å². The van der Waals surface area contributed by atoms with E-state index in [1.54, 1.807) is 12.1 Å². The zero-order valence-electron chi connectivity index (χ0n) is 13.5. The summed E-state index contributed by atoms with van der Waals surface area (Å²) in [5.74, 6) is 1.07. The Morgan fingerprint density at radius 1 is 1.25 bits per heavy atom. The van der Waals surface area contributed by atoms with Gasteiger partial charge in [-0.3, -0.25) is 10.1 Å². The molecule has 1 aliphatic rings. The highest BCUT2D eigenvalue weighted by Gasteiger charge is 2.23. The normalized spacial score (nSPS) is 20.6. The third-order valence-corrected chi connectivity index (χ3v) is 4.23. The predicted octanol–water partition coefficient (Wildman–Crippen LogP) is 3.08. The molecule has 7 nitrogen and oxygen atoms in total. The van der Waals surface area contributed by atoms with Crippen molar-refractivity contribution in [3.63, 3.8) is 0 Å². The smallest absolute Gasteiger partial charge is 0.270 e. The van der Waals surface area contributed by atoms with Gasteiger partial charge in [0.1, 0.15) is 5.82 Å². The lowest BCUT2D eigenvalue weighted by Gasteiger charge is -2.28. The molecule has 1 aromatic carbocycles. The number of nitro groups is 1. The van der Waals surface area contributed by atoms with Crippen molar-refractivity contribution in [3.8, 4) is 11.4 Å². The quantitative estimate of drug-likeness (QED) is 0.660. The molecule has 1 aromatic heterocycles. The van der Waals surface area contributed by atoms with E-state index in [2.05, 4.69) is 15.3 Å². The highest BCUT2D eigenvalue weighted by molar-refractivity contribution is 5.61. The second kappa shape index (κ2) is 6.92. The fourth-order valence-corrected chi connectivity index (χ4v) is 3.00. The number of nitrogens with zero attached hydrogens (tertiary/aromatic N) is 3. The van der Waals surface area contributed by atoms with Crippen molar-refractivity contribution in [1.82, 2.24) is 9.97 Å². The standard InChI is InChI=1S/C17H20N4O3/c1-11-9-16(19-14-7-2-3-8-15(14)22)20-17(18-11)12-5-4-6-13(10-12)21(23)24/h4-6,9-10,14-15,22H,2-3,7-8H2,1H3,(H,18,19,20). The molecule has 7 heteroatoms. The number of aromatic nitrogens is 2. The second-order valence-corrected chi connectivity index (χ2v) is 6.13. The summed E-state index contributed by atoms with van der Waals surface area (Å²) in [5, 5.41) is 24.3. The van der Waals surface area contributed by atoms with E-state index in [9.17, 15) is 15.2 Å². The maximum absolute atomic E-state index is 10.9. The molecule has 0 saturated heterocycles. The number of hydrogen-bond donors (Lipinski definition) is 2. The van der Waals surface area contributed by atoms with Crippen LogP contribution >= 0.6 is 0 Å². The lowest BCUT2D eigenvalue weighted by atomic mass is 9.92. The maximum atomic E-state index is 10.9. The molecule has 3 rings (SSSR count). The van der Waals surface area contributed by atoms with Gasteiger partial charge in [-0.05, 0) is 19.8 Å². The van der Waals surface area contributed by atoms with Crippen molar-refractivity contribution in [3.05, 3.63) is 46.1 Å². The molecule has 24 heavy (non-hydrogen) atoms. The van der Waals surface area contributed by atoms with Crippen LogP contribution in [0.4, 0.5) is 11.5 Å². The van der Waals surface area contributed by atoms with E-state index in [1.807, 2.05) is 13.0 Å². The minimum atomic E-state index is -0.434. The van der Waals surface area contributed by atoms with E-state index >= 15 is 0 Å². The number of aliphatic hydroxyl groups is 1. The van der Waals surface area contributed by atoms with E-state index in [4.69, 9.17) is 0 Å². The summed E-state index contributed by atoms with van der Waals surface area (Å²) in [5.41, 5.74) is 1.37.